The van der Waals surface area contributed by atoms with Gasteiger partial charge in [-0.1, -0.05) is 29.8 Å². The van der Waals surface area contributed by atoms with E-state index in [1.165, 1.54) is 5.56 Å². The lowest BCUT2D eigenvalue weighted by Crippen LogP contribution is -2.45. The third-order valence-electron chi connectivity index (χ3n) is 3.63. The third kappa shape index (κ3) is 3.33. The number of piperidine rings is 1. The summed E-state index contributed by atoms with van der Waals surface area (Å²) >= 11 is 0. The van der Waals surface area contributed by atoms with E-state index in [1.54, 1.807) is 0 Å². The van der Waals surface area contributed by atoms with Crippen molar-refractivity contribution in [2.75, 3.05) is 13.1 Å². The Balaban J connectivity index is 1.93. The minimum absolute atomic E-state index is 0.163. The maximum absolute atomic E-state index is 12.1. The summed E-state index contributed by atoms with van der Waals surface area (Å²) < 4.78 is 0. The molecule has 0 bridgehead atoms. The number of carbonyl (C=O) groups excluding carboxylic acids is 1. The fourth-order valence-electron chi connectivity index (χ4n) is 2.35. The van der Waals surface area contributed by atoms with Crippen molar-refractivity contribution in [1.82, 2.24) is 4.90 Å². The zero-order valence-corrected chi connectivity index (χ0v) is 11.1. The molecule has 3 nitrogen and oxygen atoms in total. The molecule has 0 unspecified atom stereocenters. The molecular weight excluding hydrogens is 226 g/mol. The number of aryl methyl sites for hydroxylation is 1. The normalized spacial score (nSPS) is 18.7. The molecule has 1 heterocycles. The Bertz CT molecular complexity index is 430. The van der Waals surface area contributed by atoms with Gasteiger partial charge in [0.1, 0.15) is 0 Å². The van der Waals surface area contributed by atoms with Crippen LogP contribution >= 0.6 is 0 Å². The first-order valence-corrected chi connectivity index (χ1v) is 6.52. The largest absolute Gasteiger partial charge is 0.390 e. The number of amides is 1. The maximum Gasteiger partial charge on any atom is 0.226 e. The molecule has 0 spiro atoms. The molecule has 0 aliphatic carbocycles. The second kappa shape index (κ2) is 5.11. The van der Waals surface area contributed by atoms with Crippen LogP contribution in [0.1, 0.15) is 30.9 Å². The molecule has 0 saturated carbocycles. The van der Waals surface area contributed by atoms with E-state index in [1.807, 2.05) is 36.9 Å². The van der Waals surface area contributed by atoms with Gasteiger partial charge in [0.25, 0.3) is 0 Å². The number of nitrogens with zero attached hydrogens (tertiary/aromatic N) is 1. The summed E-state index contributed by atoms with van der Waals surface area (Å²) in [6.45, 7) is 5.21. The van der Waals surface area contributed by atoms with Gasteiger partial charge in [-0.3, -0.25) is 4.79 Å². The van der Waals surface area contributed by atoms with Crippen LogP contribution in [-0.2, 0) is 11.2 Å². The Kier molecular flexibility index (Phi) is 3.71. The average molecular weight is 247 g/mol. The van der Waals surface area contributed by atoms with Crippen molar-refractivity contribution in [1.29, 1.82) is 0 Å². The van der Waals surface area contributed by atoms with Crippen molar-refractivity contribution < 1.29 is 9.90 Å². The lowest BCUT2D eigenvalue weighted by Gasteiger charge is -2.35. The van der Waals surface area contributed by atoms with Crippen molar-refractivity contribution in [3.8, 4) is 0 Å². The first kappa shape index (κ1) is 13.1. The summed E-state index contributed by atoms with van der Waals surface area (Å²) in [4.78, 5) is 14.0. The Labute approximate surface area is 108 Å². The van der Waals surface area contributed by atoms with Crippen LogP contribution in [0.4, 0.5) is 0 Å². The van der Waals surface area contributed by atoms with Crippen LogP contribution in [0.15, 0.2) is 24.3 Å². The van der Waals surface area contributed by atoms with Crippen molar-refractivity contribution in [3.63, 3.8) is 0 Å². The van der Waals surface area contributed by atoms with Gasteiger partial charge in [-0.2, -0.15) is 0 Å². The highest BCUT2D eigenvalue weighted by atomic mass is 16.3. The molecule has 0 radical (unpaired) electrons. The molecule has 1 aliphatic rings. The van der Waals surface area contributed by atoms with Crippen molar-refractivity contribution >= 4 is 5.91 Å². The predicted octanol–water partition coefficient (Wildman–Crippen LogP) is 1.91. The molecule has 1 N–H and O–H groups in total. The number of likely N-dealkylation sites (tertiary alicyclic amines) is 1. The SMILES string of the molecule is Cc1cccc(CC(=O)N2CCC(C)(O)CC2)c1. The lowest BCUT2D eigenvalue weighted by molar-refractivity contribution is -0.134. The summed E-state index contributed by atoms with van der Waals surface area (Å²) in [6.07, 6.45) is 1.81. The molecule has 1 aromatic carbocycles. The Morgan fingerprint density at radius 2 is 2.06 bits per heavy atom. The van der Waals surface area contributed by atoms with Gasteiger partial charge in [0, 0.05) is 13.1 Å². The van der Waals surface area contributed by atoms with E-state index in [4.69, 9.17) is 0 Å². The van der Waals surface area contributed by atoms with E-state index in [0.717, 1.165) is 5.56 Å². The number of carbonyl (C=O) groups is 1. The molecule has 2 rings (SSSR count). The fraction of sp³-hybridized carbons (Fsp3) is 0.533. The van der Waals surface area contributed by atoms with Crippen LogP contribution in [0.25, 0.3) is 0 Å². The molecule has 98 valence electrons. The van der Waals surface area contributed by atoms with Crippen molar-refractivity contribution in [2.24, 2.45) is 0 Å². The second-order valence-corrected chi connectivity index (χ2v) is 5.54. The Morgan fingerprint density at radius 3 is 2.67 bits per heavy atom. The highest BCUT2D eigenvalue weighted by Gasteiger charge is 2.29. The quantitative estimate of drug-likeness (QED) is 0.867. The van der Waals surface area contributed by atoms with Gasteiger partial charge in [-0.05, 0) is 32.3 Å². The van der Waals surface area contributed by atoms with Gasteiger partial charge < -0.3 is 10.0 Å². The first-order valence-electron chi connectivity index (χ1n) is 6.52. The smallest absolute Gasteiger partial charge is 0.226 e. The fourth-order valence-corrected chi connectivity index (χ4v) is 2.35. The number of benzene rings is 1. The molecule has 1 saturated heterocycles. The monoisotopic (exact) mass is 247 g/mol. The van der Waals surface area contributed by atoms with Crippen LogP contribution in [0, 0.1) is 6.92 Å². The Morgan fingerprint density at radius 1 is 1.39 bits per heavy atom. The molecule has 3 heteroatoms. The van der Waals surface area contributed by atoms with Gasteiger partial charge >= 0.3 is 0 Å². The van der Waals surface area contributed by atoms with Crippen LogP contribution in [0.5, 0.6) is 0 Å². The summed E-state index contributed by atoms with van der Waals surface area (Å²) in [5.74, 6) is 0.163. The van der Waals surface area contributed by atoms with Gasteiger partial charge in [-0.15, -0.1) is 0 Å². The summed E-state index contributed by atoms with van der Waals surface area (Å²) in [7, 11) is 0. The van der Waals surface area contributed by atoms with Gasteiger partial charge in [0.05, 0.1) is 12.0 Å². The zero-order chi connectivity index (χ0) is 13.2. The summed E-state index contributed by atoms with van der Waals surface area (Å²) in [5.41, 5.74) is 1.65. The van der Waals surface area contributed by atoms with E-state index >= 15 is 0 Å². The summed E-state index contributed by atoms with van der Waals surface area (Å²) in [5, 5.41) is 9.86. The highest BCUT2D eigenvalue weighted by molar-refractivity contribution is 5.78. The number of rotatable bonds is 2. The third-order valence-corrected chi connectivity index (χ3v) is 3.63. The molecule has 1 aliphatic heterocycles. The standard InChI is InChI=1S/C15H21NO2/c1-12-4-3-5-13(10-12)11-14(17)16-8-6-15(2,18)7-9-16/h3-5,10,18H,6-9,11H2,1-2H3. The number of hydrogen-bond acceptors (Lipinski definition) is 2. The molecular formula is C15H21NO2. The number of aliphatic hydroxyl groups is 1. The van der Waals surface area contributed by atoms with Crippen molar-refractivity contribution in [2.45, 2.75) is 38.7 Å². The maximum atomic E-state index is 12.1. The van der Waals surface area contributed by atoms with Gasteiger partial charge in [0.15, 0.2) is 0 Å². The predicted molar refractivity (Wildman–Crippen MR) is 71.3 cm³/mol. The molecule has 0 atom stereocenters. The summed E-state index contributed by atoms with van der Waals surface area (Å²) in [6, 6.07) is 8.06. The van der Waals surface area contributed by atoms with Crippen LogP contribution in [0.2, 0.25) is 0 Å². The van der Waals surface area contributed by atoms with E-state index < -0.39 is 5.60 Å². The minimum atomic E-state index is -0.597. The number of hydrogen-bond donors (Lipinski definition) is 1. The first-order chi connectivity index (χ1) is 8.46. The molecule has 1 amide bonds. The van der Waals surface area contributed by atoms with Gasteiger partial charge in [-0.25, -0.2) is 0 Å². The Hall–Kier alpha value is -1.35. The average Bonchev–Trinajstić information content (AvgIpc) is 2.28. The second-order valence-electron chi connectivity index (χ2n) is 5.54. The van der Waals surface area contributed by atoms with Crippen molar-refractivity contribution in [3.05, 3.63) is 35.4 Å². The molecule has 18 heavy (non-hydrogen) atoms. The van der Waals surface area contributed by atoms with E-state index in [-0.39, 0.29) is 5.91 Å². The van der Waals surface area contributed by atoms with Gasteiger partial charge in [0.2, 0.25) is 5.91 Å². The molecule has 0 aromatic heterocycles. The van der Waals surface area contributed by atoms with E-state index in [9.17, 15) is 9.90 Å². The zero-order valence-electron chi connectivity index (χ0n) is 11.1. The lowest BCUT2D eigenvalue weighted by atomic mass is 9.93. The topological polar surface area (TPSA) is 40.5 Å². The van der Waals surface area contributed by atoms with E-state index in [0.29, 0.717) is 32.4 Å². The highest BCUT2D eigenvalue weighted by Crippen LogP contribution is 2.21. The van der Waals surface area contributed by atoms with Crippen LogP contribution in [0.3, 0.4) is 0 Å². The van der Waals surface area contributed by atoms with Crippen LogP contribution in [-0.4, -0.2) is 34.6 Å². The minimum Gasteiger partial charge on any atom is -0.390 e. The molecule has 1 fully saturated rings. The van der Waals surface area contributed by atoms with Crippen LogP contribution < -0.4 is 0 Å². The van der Waals surface area contributed by atoms with E-state index in [2.05, 4.69) is 6.07 Å². The molecule has 1 aromatic rings.